The number of hydrogen-bond donors (Lipinski definition) is 1. The van der Waals surface area contributed by atoms with Gasteiger partial charge in [-0.15, -0.1) is 0 Å². The zero-order chi connectivity index (χ0) is 22.3. The van der Waals surface area contributed by atoms with Gasteiger partial charge in [-0.1, -0.05) is 29.4 Å². The first kappa shape index (κ1) is 22.2. The molecule has 0 spiro atoms. The van der Waals surface area contributed by atoms with Crippen molar-refractivity contribution in [3.05, 3.63) is 60.2 Å². The van der Waals surface area contributed by atoms with Crippen LogP contribution in [0.5, 0.6) is 11.5 Å². The second-order valence-corrected chi connectivity index (χ2v) is 7.69. The Morgan fingerprint density at radius 1 is 1.03 bits per heavy atom. The van der Waals surface area contributed by atoms with E-state index in [-0.39, 0.29) is 12.4 Å². The standard InChI is InChI=1S/C23H27FN4O4/c1-30-20-8-4-2-6-18(20)23-25-22(26-32-23)15-28-12-10-27(11-13-28)14-17(29)16-31-21-9-5-3-7-19(21)24/h2-9,17,29H,10-16H2,1H3. The fraction of sp³-hybridized carbons (Fsp3) is 0.391. The number of hydrogen-bond acceptors (Lipinski definition) is 8. The normalized spacial score (nSPS) is 16.1. The number of piperazine rings is 1. The number of β-amino-alcohol motifs (C(OH)–C–C–N with tert-alkyl or cyclic N) is 1. The first-order valence-corrected chi connectivity index (χ1v) is 10.6. The number of rotatable bonds is 9. The minimum absolute atomic E-state index is 0.0513. The van der Waals surface area contributed by atoms with E-state index in [1.807, 2.05) is 24.3 Å². The Morgan fingerprint density at radius 2 is 1.72 bits per heavy atom. The molecule has 1 aromatic heterocycles. The molecule has 2 heterocycles. The molecule has 1 atom stereocenters. The summed E-state index contributed by atoms with van der Waals surface area (Å²) in [6, 6.07) is 13.7. The van der Waals surface area contributed by atoms with E-state index in [1.165, 1.54) is 6.07 Å². The molecular formula is C23H27FN4O4. The van der Waals surface area contributed by atoms with Gasteiger partial charge in [-0.25, -0.2) is 4.39 Å². The third kappa shape index (κ3) is 5.61. The monoisotopic (exact) mass is 442 g/mol. The molecule has 1 saturated heterocycles. The summed E-state index contributed by atoms with van der Waals surface area (Å²) in [4.78, 5) is 8.93. The molecule has 1 aliphatic rings. The third-order valence-corrected chi connectivity index (χ3v) is 5.37. The van der Waals surface area contributed by atoms with Crippen molar-refractivity contribution in [2.45, 2.75) is 12.6 Å². The van der Waals surface area contributed by atoms with Crippen molar-refractivity contribution in [2.24, 2.45) is 0 Å². The molecule has 0 aliphatic carbocycles. The number of nitrogens with zero attached hydrogens (tertiary/aromatic N) is 4. The summed E-state index contributed by atoms with van der Waals surface area (Å²) >= 11 is 0. The number of para-hydroxylation sites is 2. The van der Waals surface area contributed by atoms with Crippen LogP contribution in [0.25, 0.3) is 11.5 Å². The van der Waals surface area contributed by atoms with Gasteiger partial charge < -0.3 is 19.1 Å². The predicted octanol–water partition coefficient (Wildman–Crippen LogP) is 2.44. The Balaban J connectivity index is 1.22. The quantitative estimate of drug-likeness (QED) is 0.541. The number of aliphatic hydroxyl groups excluding tert-OH is 1. The Bertz CT molecular complexity index is 1010. The molecule has 8 nitrogen and oxygen atoms in total. The van der Waals surface area contributed by atoms with E-state index in [1.54, 1.807) is 25.3 Å². The minimum atomic E-state index is -0.693. The van der Waals surface area contributed by atoms with Crippen molar-refractivity contribution < 1.29 is 23.5 Å². The SMILES string of the molecule is COc1ccccc1-c1nc(CN2CCN(CC(O)COc3ccccc3F)CC2)no1. The highest BCUT2D eigenvalue weighted by atomic mass is 19.1. The van der Waals surface area contributed by atoms with Crippen LogP contribution in [0.4, 0.5) is 4.39 Å². The number of aromatic nitrogens is 2. The Hall–Kier alpha value is -3.01. The lowest BCUT2D eigenvalue weighted by molar-refractivity contribution is 0.0432. The van der Waals surface area contributed by atoms with Crippen molar-refractivity contribution in [2.75, 3.05) is 46.4 Å². The smallest absolute Gasteiger partial charge is 0.261 e. The van der Waals surface area contributed by atoms with Gasteiger partial charge in [0, 0.05) is 32.7 Å². The summed E-state index contributed by atoms with van der Waals surface area (Å²) in [6.07, 6.45) is -0.693. The summed E-state index contributed by atoms with van der Waals surface area (Å²) in [7, 11) is 1.61. The van der Waals surface area contributed by atoms with Gasteiger partial charge in [-0.05, 0) is 24.3 Å². The minimum Gasteiger partial charge on any atom is -0.496 e. The highest BCUT2D eigenvalue weighted by Gasteiger charge is 2.22. The molecule has 1 fully saturated rings. The Kier molecular flexibility index (Phi) is 7.31. The number of ether oxygens (including phenoxy) is 2. The third-order valence-electron chi connectivity index (χ3n) is 5.37. The van der Waals surface area contributed by atoms with Gasteiger partial charge in [0.1, 0.15) is 18.5 Å². The van der Waals surface area contributed by atoms with Gasteiger partial charge in [0.2, 0.25) is 0 Å². The zero-order valence-electron chi connectivity index (χ0n) is 18.0. The van der Waals surface area contributed by atoms with Crippen LogP contribution < -0.4 is 9.47 Å². The Labute approximate surface area is 186 Å². The highest BCUT2D eigenvalue weighted by molar-refractivity contribution is 5.62. The molecule has 32 heavy (non-hydrogen) atoms. The second kappa shape index (κ2) is 10.5. The molecule has 0 radical (unpaired) electrons. The van der Waals surface area contributed by atoms with Gasteiger partial charge in [-0.2, -0.15) is 4.98 Å². The molecule has 0 bridgehead atoms. The molecular weight excluding hydrogens is 415 g/mol. The molecule has 9 heteroatoms. The Morgan fingerprint density at radius 3 is 2.47 bits per heavy atom. The van der Waals surface area contributed by atoms with Crippen LogP contribution in [0, 0.1) is 5.82 Å². The fourth-order valence-electron chi connectivity index (χ4n) is 3.68. The van der Waals surface area contributed by atoms with Crippen LogP contribution in [0.1, 0.15) is 5.82 Å². The molecule has 1 aliphatic heterocycles. The van der Waals surface area contributed by atoms with Crippen LogP contribution in [0.3, 0.4) is 0 Å². The van der Waals surface area contributed by atoms with Gasteiger partial charge in [0.05, 0.1) is 19.2 Å². The van der Waals surface area contributed by atoms with E-state index in [4.69, 9.17) is 14.0 Å². The maximum absolute atomic E-state index is 13.6. The lowest BCUT2D eigenvalue weighted by atomic mass is 10.2. The van der Waals surface area contributed by atoms with Crippen molar-refractivity contribution in [1.29, 1.82) is 0 Å². The summed E-state index contributed by atoms with van der Waals surface area (Å²) in [5, 5.41) is 14.4. The van der Waals surface area contributed by atoms with Crippen molar-refractivity contribution in [3.8, 4) is 23.0 Å². The zero-order valence-corrected chi connectivity index (χ0v) is 18.0. The highest BCUT2D eigenvalue weighted by Crippen LogP contribution is 2.28. The molecule has 2 aromatic carbocycles. The van der Waals surface area contributed by atoms with E-state index in [0.717, 1.165) is 31.7 Å². The number of benzene rings is 2. The molecule has 3 aromatic rings. The summed E-state index contributed by atoms with van der Waals surface area (Å²) < 4.78 is 29.8. The largest absolute Gasteiger partial charge is 0.496 e. The average Bonchev–Trinajstić information content (AvgIpc) is 3.28. The van der Waals surface area contributed by atoms with Crippen LogP contribution in [0.15, 0.2) is 53.1 Å². The number of methoxy groups -OCH3 is 1. The van der Waals surface area contributed by atoms with Crippen molar-refractivity contribution in [3.63, 3.8) is 0 Å². The maximum Gasteiger partial charge on any atom is 0.261 e. The van der Waals surface area contributed by atoms with Crippen LogP contribution in [0.2, 0.25) is 0 Å². The molecule has 0 saturated carbocycles. The van der Waals surface area contributed by atoms with E-state index < -0.39 is 11.9 Å². The van der Waals surface area contributed by atoms with E-state index in [2.05, 4.69) is 19.9 Å². The molecule has 0 amide bonds. The molecule has 1 unspecified atom stereocenters. The summed E-state index contributed by atoms with van der Waals surface area (Å²) in [5.41, 5.74) is 0.769. The van der Waals surface area contributed by atoms with Gasteiger partial charge in [0.15, 0.2) is 17.4 Å². The summed E-state index contributed by atoms with van der Waals surface area (Å²) in [5.74, 6) is 1.48. The van der Waals surface area contributed by atoms with Gasteiger partial charge in [0.25, 0.3) is 5.89 Å². The lowest BCUT2D eigenvalue weighted by Crippen LogP contribution is -2.48. The lowest BCUT2D eigenvalue weighted by Gasteiger charge is -2.34. The van der Waals surface area contributed by atoms with E-state index >= 15 is 0 Å². The maximum atomic E-state index is 13.6. The molecule has 4 rings (SSSR count). The average molecular weight is 442 g/mol. The second-order valence-electron chi connectivity index (χ2n) is 7.69. The molecule has 170 valence electrons. The molecule has 1 N–H and O–H groups in total. The van der Waals surface area contributed by atoms with E-state index in [9.17, 15) is 9.50 Å². The van der Waals surface area contributed by atoms with E-state index in [0.29, 0.717) is 30.6 Å². The fourth-order valence-corrected chi connectivity index (χ4v) is 3.68. The predicted molar refractivity (Wildman–Crippen MR) is 116 cm³/mol. The van der Waals surface area contributed by atoms with Gasteiger partial charge >= 0.3 is 0 Å². The number of aliphatic hydroxyl groups is 1. The van der Waals surface area contributed by atoms with Crippen molar-refractivity contribution in [1.82, 2.24) is 19.9 Å². The van der Waals surface area contributed by atoms with Crippen LogP contribution in [-0.2, 0) is 6.54 Å². The first-order valence-electron chi connectivity index (χ1n) is 10.6. The van der Waals surface area contributed by atoms with Gasteiger partial charge in [-0.3, -0.25) is 9.80 Å². The topological polar surface area (TPSA) is 84.1 Å². The van der Waals surface area contributed by atoms with Crippen LogP contribution >= 0.6 is 0 Å². The summed E-state index contributed by atoms with van der Waals surface area (Å²) in [6.45, 7) is 4.35. The number of halogens is 1. The van der Waals surface area contributed by atoms with Crippen molar-refractivity contribution >= 4 is 0 Å². The van der Waals surface area contributed by atoms with Crippen LogP contribution in [-0.4, -0.2) is 77.6 Å². The first-order chi connectivity index (χ1) is 15.6.